The third-order valence-electron chi connectivity index (χ3n) is 5.10. The van der Waals surface area contributed by atoms with Gasteiger partial charge in [-0.1, -0.05) is 43.3 Å². The lowest BCUT2D eigenvalue weighted by atomic mass is 9.82. The second-order valence-corrected chi connectivity index (χ2v) is 7.67. The van der Waals surface area contributed by atoms with Gasteiger partial charge in [-0.15, -0.1) is 11.8 Å². The van der Waals surface area contributed by atoms with Gasteiger partial charge < -0.3 is 0 Å². The van der Waals surface area contributed by atoms with Crippen molar-refractivity contribution in [3.05, 3.63) is 65.2 Å². The number of nitrogens with zero attached hydrogens (tertiary/aromatic N) is 1. The second-order valence-electron chi connectivity index (χ2n) is 6.34. The van der Waals surface area contributed by atoms with Crippen LogP contribution in [0.5, 0.6) is 0 Å². The van der Waals surface area contributed by atoms with E-state index in [0.29, 0.717) is 12.0 Å². The van der Waals surface area contributed by atoms with Crippen LogP contribution in [0.1, 0.15) is 48.4 Å². The zero-order valence-corrected chi connectivity index (χ0v) is 14.0. The molecule has 2 aliphatic rings. The van der Waals surface area contributed by atoms with Crippen molar-refractivity contribution in [1.82, 2.24) is 4.90 Å². The first kappa shape index (κ1) is 14.3. The van der Waals surface area contributed by atoms with Gasteiger partial charge in [-0.05, 0) is 54.0 Å². The van der Waals surface area contributed by atoms with Crippen LogP contribution in [-0.4, -0.2) is 23.7 Å². The Kier molecular flexibility index (Phi) is 3.98. The number of fused-ring (bicyclic) bond motifs is 3. The second kappa shape index (κ2) is 6.10. The van der Waals surface area contributed by atoms with E-state index < -0.39 is 0 Å². The largest absolute Gasteiger partial charge is 0.295 e. The first-order valence-corrected chi connectivity index (χ1v) is 9.41. The van der Waals surface area contributed by atoms with E-state index in [4.69, 9.17) is 0 Å². The molecule has 2 heteroatoms. The van der Waals surface area contributed by atoms with E-state index >= 15 is 0 Å². The monoisotopic (exact) mass is 309 g/mol. The van der Waals surface area contributed by atoms with Gasteiger partial charge in [0, 0.05) is 23.4 Å². The van der Waals surface area contributed by atoms with E-state index in [0.717, 1.165) is 5.75 Å². The van der Waals surface area contributed by atoms with Gasteiger partial charge in [0.2, 0.25) is 0 Å². The molecule has 0 saturated carbocycles. The minimum atomic E-state index is 0.534. The maximum atomic E-state index is 2.70. The van der Waals surface area contributed by atoms with Gasteiger partial charge in [-0.2, -0.15) is 0 Å². The lowest BCUT2D eigenvalue weighted by molar-refractivity contribution is 0.230. The highest BCUT2D eigenvalue weighted by atomic mass is 32.2. The first-order valence-electron chi connectivity index (χ1n) is 8.42. The number of benzene rings is 2. The molecular formula is C20H23NS. The van der Waals surface area contributed by atoms with Gasteiger partial charge in [0.15, 0.2) is 0 Å². The average Bonchev–Trinajstić information content (AvgIpc) is 3.04. The van der Waals surface area contributed by atoms with E-state index in [-0.39, 0.29) is 0 Å². The zero-order valence-electron chi connectivity index (χ0n) is 13.2. The highest BCUT2D eigenvalue weighted by Gasteiger charge is 2.35. The van der Waals surface area contributed by atoms with Crippen molar-refractivity contribution in [2.45, 2.75) is 36.6 Å². The molecule has 2 atom stereocenters. The van der Waals surface area contributed by atoms with E-state index in [1.807, 2.05) is 11.8 Å². The molecule has 0 amide bonds. The van der Waals surface area contributed by atoms with Crippen LogP contribution in [0.15, 0.2) is 53.4 Å². The molecule has 4 rings (SSSR count). The Labute approximate surface area is 137 Å². The Morgan fingerprint density at radius 1 is 1.05 bits per heavy atom. The molecule has 2 aromatic rings. The molecule has 1 nitrogen and oxygen atoms in total. The Hall–Kier alpha value is -1.25. The van der Waals surface area contributed by atoms with Gasteiger partial charge >= 0.3 is 0 Å². The summed E-state index contributed by atoms with van der Waals surface area (Å²) in [5.74, 6) is 1.67. The van der Waals surface area contributed by atoms with E-state index in [1.165, 1.54) is 36.4 Å². The van der Waals surface area contributed by atoms with Crippen molar-refractivity contribution >= 4 is 11.8 Å². The molecule has 1 fully saturated rings. The molecule has 0 N–H and O–H groups in total. The highest BCUT2D eigenvalue weighted by Crippen LogP contribution is 2.44. The summed E-state index contributed by atoms with van der Waals surface area (Å²) < 4.78 is 0. The topological polar surface area (TPSA) is 3.24 Å². The summed E-state index contributed by atoms with van der Waals surface area (Å²) >= 11 is 1.92. The molecule has 2 aliphatic heterocycles. The molecule has 0 aliphatic carbocycles. The minimum absolute atomic E-state index is 0.534. The normalized spacial score (nSPS) is 24.0. The van der Waals surface area contributed by atoms with Gasteiger partial charge in [-0.3, -0.25) is 4.90 Å². The number of hydrogen-bond donors (Lipinski definition) is 0. The van der Waals surface area contributed by atoms with Crippen molar-refractivity contribution < 1.29 is 0 Å². The van der Waals surface area contributed by atoms with Crippen LogP contribution in [0.25, 0.3) is 0 Å². The van der Waals surface area contributed by atoms with Crippen molar-refractivity contribution in [2.75, 3.05) is 18.8 Å². The summed E-state index contributed by atoms with van der Waals surface area (Å²) in [4.78, 5) is 4.08. The number of hydrogen-bond acceptors (Lipinski definition) is 2. The fourth-order valence-corrected chi connectivity index (χ4v) is 4.77. The molecule has 0 spiro atoms. The van der Waals surface area contributed by atoms with Gasteiger partial charge in [-0.25, -0.2) is 0 Å². The van der Waals surface area contributed by atoms with E-state index in [1.54, 1.807) is 11.1 Å². The van der Waals surface area contributed by atoms with Gasteiger partial charge in [0.25, 0.3) is 0 Å². The molecule has 2 heterocycles. The third-order valence-corrected chi connectivity index (χ3v) is 6.00. The van der Waals surface area contributed by atoms with Crippen LogP contribution in [0, 0.1) is 0 Å². The molecule has 1 saturated heterocycles. The molecule has 0 unspecified atom stereocenters. The maximum absolute atomic E-state index is 2.70. The maximum Gasteiger partial charge on any atom is 0.0351 e. The molecule has 0 bridgehead atoms. The van der Waals surface area contributed by atoms with Crippen molar-refractivity contribution in [2.24, 2.45) is 0 Å². The van der Waals surface area contributed by atoms with Gasteiger partial charge in [0.1, 0.15) is 0 Å². The zero-order chi connectivity index (χ0) is 14.9. The minimum Gasteiger partial charge on any atom is -0.295 e. The quantitative estimate of drug-likeness (QED) is 0.727. The van der Waals surface area contributed by atoms with Crippen molar-refractivity contribution in [3.63, 3.8) is 0 Å². The predicted octanol–water partition coefficient (Wildman–Crippen LogP) is 5.08. The SMILES string of the molecule is CCSc1ccc([C@@H]2CN3CCC[C@@H]3c3ccccc32)cc1. The lowest BCUT2D eigenvalue weighted by Crippen LogP contribution is -2.34. The fourth-order valence-electron chi connectivity index (χ4n) is 4.11. The third kappa shape index (κ3) is 2.49. The summed E-state index contributed by atoms with van der Waals surface area (Å²) in [6.07, 6.45) is 2.67. The Bertz CT molecular complexity index is 649. The molecule has 0 radical (unpaired) electrons. The van der Waals surface area contributed by atoms with Crippen LogP contribution in [0.2, 0.25) is 0 Å². The Balaban J connectivity index is 1.71. The summed E-state index contributed by atoms with van der Waals surface area (Å²) in [6, 6.07) is 19.1. The summed E-state index contributed by atoms with van der Waals surface area (Å²) in [6.45, 7) is 4.66. The van der Waals surface area contributed by atoms with E-state index in [2.05, 4.69) is 60.4 Å². The van der Waals surface area contributed by atoms with E-state index in [9.17, 15) is 0 Å². The number of thioether (sulfide) groups is 1. The summed E-state index contributed by atoms with van der Waals surface area (Å²) in [5, 5.41) is 0. The van der Waals surface area contributed by atoms with Crippen molar-refractivity contribution in [3.8, 4) is 0 Å². The van der Waals surface area contributed by atoms with Crippen LogP contribution in [0.4, 0.5) is 0 Å². The standard InChI is InChI=1S/C20H23NS/c1-2-22-16-11-9-15(10-12-16)19-14-21-13-5-8-20(21)18-7-4-3-6-17(18)19/h3-4,6-7,9-12,19-20H,2,5,8,13-14H2,1H3/t19-,20+/m0/s1. The smallest absolute Gasteiger partial charge is 0.0351 e. The van der Waals surface area contributed by atoms with Crippen LogP contribution >= 0.6 is 11.8 Å². The number of rotatable bonds is 3. The lowest BCUT2D eigenvalue weighted by Gasteiger charge is -2.37. The summed E-state index contributed by atoms with van der Waals surface area (Å²) in [5.41, 5.74) is 4.60. The Morgan fingerprint density at radius 3 is 2.59 bits per heavy atom. The molecule has 22 heavy (non-hydrogen) atoms. The molecule has 114 valence electrons. The first-order chi connectivity index (χ1) is 10.9. The highest BCUT2D eigenvalue weighted by molar-refractivity contribution is 7.99. The van der Waals surface area contributed by atoms with Gasteiger partial charge in [0.05, 0.1) is 0 Å². The predicted molar refractivity (Wildman–Crippen MR) is 94.7 cm³/mol. The van der Waals surface area contributed by atoms with Crippen LogP contribution in [0.3, 0.4) is 0 Å². The molecular weight excluding hydrogens is 286 g/mol. The molecule has 2 aromatic carbocycles. The van der Waals surface area contributed by atoms with Crippen LogP contribution in [-0.2, 0) is 0 Å². The average molecular weight is 309 g/mol. The van der Waals surface area contributed by atoms with Crippen molar-refractivity contribution in [1.29, 1.82) is 0 Å². The van der Waals surface area contributed by atoms with Crippen LogP contribution < -0.4 is 0 Å². The fraction of sp³-hybridized carbons (Fsp3) is 0.400. The summed E-state index contributed by atoms with van der Waals surface area (Å²) in [7, 11) is 0. The Morgan fingerprint density at radius 2 is 1.82 bits per heavy atom. The molecule has 0 aromatic heterocycles.